The lowest BCUT2D eigenvalue weighted by atomic mass is 9.95. The molecular weight excluding hydrogens is 192 g/mol. The van der Waals surface area contributed by atoms with Crippen LogP contribution in [-0.4, -0.2) is 36.2 Å². The number of carbonyl (C=O) groups excluding carboxylic acids is 1. The molecule has 4 nitrogen and oxygen atoms in total. The molecule has 0 saturated heterocycles. The van der Waals surface area contributed by atoms with E-state index in [0.29, 0.717) is 13.0 Å². The van der Waals surface area contributed by atoms with E-state index >= 15 is 0 Å². The van der Waals surface area contributed by atoms with Gasteiger partial charge >= 0.3 is 0 Å². The van der Waals surface area contributed by atoms with Crippen molar-refractivity contribution >= 4 is 5.91 Å². The Hall–Kier alpha value is -0.610. The van der Waals surface area contributed by atoms with Crippen LogP contribution in [0.3, 0.4) is 0 Å². The van der Waals surface area contributed by atoms with Gasteiger partial charge < -0.3 is 15.7 Å². The van der Waals surface area contributed by atoms with Crippen molar-refractivity contribution in [3.63, 3.8) is 0 Å². The highest BCUT2D eigenvalue weighted by molar-refractivity contribution is 5.78. The normalized spacial score (nSPS) is 14.7. The van der Waals surface area contributed by atoms with Crippen LogP contribution in [-0.2, 0) is 4.79 Å². The van der Waals surface area contributed by atoms with E-state index in [1.807, 2.05) is 13.8 Å². The highest BCUT2D eigenvalue weighted by Gasteiger charge is 2.22. The summed E-state index contributed by atoms with van der Waals surface area (Å²) in [4.78, 5) is 11.5. The second kappa shape index (κ2) is 7.65. The minimum absolute atomic E-state index is 0.00116. The maximum atomic E-state index is 11.5. The van der Waals surface area contributed by atoms with Crippen LogP contribution in [0.25, 0.3) is 0 Å². The Morgan fingerprint density at radius 2 is 2.07 bits per heavy atom. The maximum Gasteiger partial charge on any atom is 0.234 e. The molecule has 1 amide bonds. The highest BCUT2D eigenvalue weighted by Crippen LogP contribution is 2.13. The molecule has 0 aromatic carbocycles. The van der Waals surface area contributed by atoms with Crippen LogP contribution in [0.5, 0.6) is 0 Å². The molecule has 4 heteroatoms. The quantitative estimate of drug-likeness (QED) is 0.522. The minimum atomic E-state index is -0.278. The van der Waals surface area contributed by atoms with Crippen LogP contribution in [0.2, 0.25) is 0 Å². The predicted octanol–water partition coefficient (Wildman–Crippen LogP) is 0.653. The van der Waals surface area contributed by atoms with Gasteiger partial charge in [-0.2, -0.15) is 0 Å². The van der Waals surface area contributed by atoms with Gasteiger partial charge in [0.05, 0.1) is 6.54 Å². The summed E-state index contributed by atoms with van der Waals surface area (Å²) < 4.78 is 0. The Balaban J connectivity index is 3.90. The molecular formula is C11H24N2O2. The number of rotatable bonds is 8. The van der Waals surface area contributed by atoms with Crippen LogP contribution < -0.4 is 10.6 Å². The van der Waals surface area contributed by atoms with Crippen molar-refractivity contribution in [2.75, 3.05) is 19.7 Å². The first-order valence-electron chi connectivity index (χ1n) is 5.70. The third-order valence-electron chi connectivity index (χ3n) is 2.60. The van der Waals surface area contributed by atoms with E-state index in [4.69, 9.17) is 5.11 Å². The molecule has 0 spiro atoms. The Bertz CT molecular complexity index is 185. The molecule has 0 aromatic heterocycles. The van der Waals surface area contributed by atoms with Gasteiger partial charge in [-0.25, -0.2) is 0 Å². The maximum absolute atomic E-state index is 11.5. The average Bonchev–Trinajstić information content (AvgIpc) is 2.18. The second-order valence-electron chi connectivity index (χ2n) is 4.11. The van der Waals surface area contributed by atoms with Gasteiger partial charge in [0.25, 0.3) is 0 Å². The molecule has 0 fully saturated rings. The number of hydrogen-bond donors (Lipinski definition) is 3. The van der Waals surface area contributed by atoms with Gasteiger partial charge in [-0.3, -0.25) is 4.79 Å². The van der Waals surface area contributed by atoms with E-state index in [-0.39, 0.29) is 18.1 Å². The Morgan fingerprint density at radius 3 is 2.53 bits per heavy atom. The fourth-order valence-corrected chi connectivity index (χ4v) is 1.33. The van der Waals surface area contributed by atoms with Crippen LogP contribution in [0, 0.1) is 0 Å². The summed E-state index contributed by atoms with van der Waals surface area (Å²) in [5.74, 6) is 0.00116. The molecule has 0 aliphatic rings. The van der Waals surface area contributed by atoms with Gasteiger partial charge in [-0.05, 0) is 32.7 Å². The summed E-state index contributed by atoms with van der Waals surface area (Å²) in [7, 11) is 0. The summed E-state index contributed by atoms with van der Waals surface area (Å²) in [5, 5.41) is 14.9. The lowest BCUT2D eigenvalue weighted by Crippen LogP contribution is -2.49. The fraction of sp³-hybridized carbons (Fsp3) is 0.909. The van der Waals surface area contributed by atoms with E-state index in [1.54, 1.807) is 0 Å². The van der Waals surface area contributed by atoms with Gasteiger partial charge in [0.15, 0.2) is 0 Å². The standard InChI is InChI=1S/C11H24N2O2/c1-4-7-12-9-10(15)13-11(3,5-2)6-8-14/h12,14H,4-9H2,1-3H3,(H,13,15). The van der Waals surface area contributed by atoms with Crippen molar-refractivity contribution in [2.24, 2.45) is 0 Å². The lowest BCUT2D eigenvalue weighted by molar-refractivity contribution is -0.122. The van der Waals surface area contributed by atoms with Crippen LogP contribution >= 0.6 is 0 Å². The van der Waals surface area contributed by atoms with Crippen molar-refractivity contribution in [3.05, 3.63) is 0 Å². The topological polar surface area (TPSA) is 61.4 Å². The van der Waals surface area contributed by atoms with E-state index in [2.05, 4.69) is 17.6 Å². The van der Waals surface area contributed by atoms with Gasteiger partial charge in [0, 0.05) is 12.1 Å². The molecule has 0 rings (SSSR count). The summed E-state index contributed by atoms with van der Waals surface area (Å²) in [6.07, 6.45) is 2.45. The van der Waals surface area contributed by atoms with Crippen molar-refractivity contribution < 1.29 is 9.90 Å². The van der Waals surface area contributed by atoms with Crippen LogP contribution in [0.1, 0.15) is 40.0 Å². The summed E-state index contributed by atoms with van der Waals surface area (Å²) >= 11 is 0. The van der Waals surface area contributed by atoms with Gasteiger partial charge in [0.1, 0.15) is 0 Å². The fourth-order valence-electron chi connectivity index (χ4n) is 1.33. The molecule has 0 radical (unpaired) electrons. The Labute approximate surface area is 92.4 Å². The molecule has 0 aromatic rings. The summed E-state index contributed by atoms with van der Waals surface area (Å²) in [6, 6.07) is 0. The Morgan fingerprint density at radius 1 is 1.40 bits per heavy atom. The third kappa shape index (κ3) is 6.47. The molecule has 0 heterocycles. The molecule has 1 atom stereocenters. The number of nitrogens with one attached hydrogen (secondary N) is 2. The first-order chi connectivity index (χ1) is 7.08. The smallest absolute Gasteiger partial charge is 0.234 e. The molecule has 0 aliphatic carbocycles. The number of carbonyl (C=O) groups is 1. The zero-order valence-corrected chi connectivity index (χ0v) is 10.1. The molecule has 90 valence electrons. The number of hydrogen-bond acceptors (Lipinski definition) is 3. The monoisotopic (exact) mass is 216 g/mol. The first kappa shape index (κ1) is 14.4. The molecule has 0 aliphatic heterocycles. The molecule has 15 heavy (non-hydrogen) atoms. The summed E-state index contributed by atoms with van der Waals surface area (Å²) in [5.41, 5.74) is -0.278. The third-order valence-corrected chi connectivity index (χ3v) is 2.60. The molecule has 3 N–H and O–H groups in total. The zero-order chi connectivity index (χ0) is 11.7. The van der Waals surface area contributed by atoms with E-state index in [0.717, 1.165) is 19.4 Å². The molecule has 0 saturated carbocycles. The zero-order valence-electron chi connectivity index (χ0n) is 10.1. The van der Waals surface area contributed by atoms with Gasteiger partial charge in [-0.15, -0.1) is 0 Å². The molecule has 1 unspecified atom stereocenters. The van der Waals surface area contributed by atoms with Crippen molar-refractivity contribution in [2.45, 2.75) is 45.6 Å². The van der Waals surface area contributed by atoms with Gasteiger partial charge in [-0.1, -0.05) is 13.8 Å². The van der Waals surface area contributed by atoms with E-state index in [1.165, 1.54) is 0 Å². The number of aliphatic hydroxyl groups is 1. The SMILES string of the molecule is CCCNCC(=O)NC(C)(CC)CCO. The van der Waals surface area contributed by atoms with Crippen molar-refractivity contribution in [1.29, 1.82) is 0 Å². The Kier molecular flexibility index (Phi) is 7.34. The number of amides is 1. The van der Waals surface area contributed by atoms with E-state index in [9.17, 15) is 4.79 Å². The largest absolute Gasteiger partial charge is 0.396 e. The lowest BCUT2D eigenvalue weighted by Gasteiger charge is -2.29. The van der Waals surface area contributed by atoms with Crippen molar-refractivity contribution in [1.82, 2.24) is 10.6 Å². The van der Waals surface area contributed by atoms with E-state index < -0.39 is 0 Å². The predicted molar refractivity (Wildman–Crippen MR) is 61.7 cm³/mol. The molecule has 0 bridgehead atoms. The van der Waals surface area contributed by atoms with Crippen molar-refractivity contribution in [3.8, 4) is 0 Å². The van der Waals surface area contributed by atoms with Crippen LogP contribution in [0.4, 0.5) is 0 Å². The average molecular weight is 216 g/mol. The van der Waals surface area contributed by atoms with Gasteiger partial charge in [0.2, 0.25) is 5.91 Å². The first-order valence-corrected chi connectivity index (χ1v) is 5.70. The number of aliphatic hydroxyl groups excluding tert-OH is 1. The summed E-state index contributed by atoms with van der Waals surface area (Å²) in [6.45, 7) is 7.35. The minimum Gasteiger partial charge on any atom is -0.396 e. The van der Waals surface area contributed by atoms with Crippen LogP contribution in [0.15, 0.2) is 0 Å². The highest BCUT2D eigenvalue weighted by atomic mass is 16.3. The second-order valence-corrected chi connectivity index (χ2v) is 4.11.